The van der Waals surface area contributed by atoms with E-state index in [-0.39, 0.29) is 10.7 Å². The number of hydrogen-bond donors (Lipinski definition) is 2. The van der Waals surface area contributed by atoms with E-state index in [1.165, 1.54) is 0 Å². The Bertz CT molecular complexity index is 618. The number of anilines is 1. The Morgan fingerprint density at radius 1 is 1.17 bits per heavy atom. The molecule has 1 amide bonds. The molecule has 1 saturated carbocycles. The summed E-state index contributed by atoms with van der Waals surface area (Å²) in [5.74, 6) is -3.28. The average molecular weight is 350 g/mol. The first-order chi connectivity index (χ1) is 10.7. The fraction of sp³-hybridized carbons (Fsp3) is 0.467. The third-order valence-electron chi connectivity index (χ3n) is 3.97. The van der Waals surface area contributed by atoms with E-state index < -0.39 is 35.5 Å². The lowest BCUT2D eigenvalue weighted by atomic mass is 9.78. The van der Waals surface area contributed by atoms with Crippen molar-refractivity contribution in [3.05, 3.63) is 28.8 Å². The van der Waals surface area contributed by atoms with Crippen LogP contribution in [0.4, 0.5) is 18.9 Å². The molecule has 0 spiro atoms. The van der Waals surface area contributed by atoms with E-state index in [2.05, 4.69) is 5.32 Å². The highest BCUT2D eigenvalue weighted by atomic mass is 35.5. The van der Waals surface area contributed by atoms with Gasteiger partial charge >= 0.3 is 12.1 Å². The number of carboxylic acids is 1. The maximum Gasteiger partial charge on any atom is 0.416 e. The van der Waals surface area contributed by atoms with E-state index >= 15 is 0 Å². The molecule has 0 aromatic heterocycles. The van der Waals surface area contributed by atoms with Crippen LogP contribution < -0.4 is 5.32 Å². The number of hydrogen-bond acceptors (Lipinski definition) is 2. The van der Waals surface area contributed by atoms with E-state index in [4.69, 9.17) is 11.6 Å². The van der Waals surface area contributed by atoms with E-state index in [9.17, 15) is 27.9 Å². The van der Waals surface area contributed by atoms with Gasteiger partial charge in [0.25, 0.3) is 0 Å². The van der Waals surface area contributed by atoms with Gasteiger partial charge in [0.1, 0.15) is 0 Å². The molecular weight excluding hydrogens is 335 g/mol. The van der Waals surface area contributed by atoms with Crippen LogP contribution in [0.5, 0.6) is 0 Å². The van der Waals surface area contributed by atoms with Crippen LogP contribution in [0, 0.1) is 11.8 Å². The summed E-state index contributed by atoms with van der Waals surface area (Å²) < 4.78 is 38.2. The van der Waals surface area contributed by atoms with Crippen LogP contribution in [-0.2, 0) is 15.8 Å². The van der Waals surface area contributed by atoms with Crippen LogP contribution in [0.1, 0.15) is 31.2 Å². The summed E-state index contributed by atoms with van der Waals surface area (Å²) >= 11 is 5.83. The predicted molar refractivity (Wildman–Crippen MR) is 78.2 cm³/mol. The molecule has 1 aliphatic rings. The molecule has 2 atom stereocenters. The van der Waals surface area contributed by atoms with E-state index in [1.54, 1.807) is 0 Å². The summed E-state index contributed by atoms with van der Waals surface area (Å²) in [5.41, 5.74) is -1.10. The zero-order valence-corrected chi connectivity index (χ0v) is 12.7. The van der Waals surface area contributed by atoms with Gasteiger partial charge in [0.2, 0.25) is 5.91 Å². The van der Waals surface area contributed by atoms with E-state index in [1.807, 2.05) is 0 Å². The van der Waals surface area contributed by atoms with Gasteiger partial charge in [-0.1, -0.05) is 24.4 Å². The number of benzene rings is 1. The second kappa shape index (κ2) is 6.78. The molecule has 1 fully saturated rings. The lowest BCUT2D eigenvalue weighted by molar-refractivity contribution is -0.147. The zero-order chi connectivity index (χ0) is 17.2. The van der Waals surface area contributed by atoms with Crippen LogP contribution in [-0.4, -0.2) is 17.0 Å². The molecule has 23 heavy (non-hydrogen) atoms. The molecule has 2 rings (SSSR count). The maximum atomic E-state index is 12.7. The molecule has 0 aliphatic heterocycles. The molecule has 0 radical (unpaired) electrons. The number of amides is 1. The van der Waals surface area contributed by atoms with Gasteiger partial charge in [-0.2, -0.15) is 13.2 Å². The number of carboxylic acid groups (broad SMARTS) is 1. The molecule has 0 heterocycles. The zero-order valence-electron chi connectivity index (χ0n) is 12.0. The highest BCUT2D eigenvalue weighted by Gasteiger charge is 2.36. The van der Waals surface area contributed by atoms with Crippen LogP contribution in [0.2, 0.25) is 5.02 Å². The first kappa shape index (κ1) is 17.6. The molecule has 8 heteroatoms. The minimum absolute atomic E-state index is 0.0333. The molecule has 1 aromatic carbocycles. The average Bonchev–Trinajstić information content (AvgIpc) is 2.48. The number of halogens is 4. The molecule has 0 bridgehead atoms. The second-order valence-corrected chi connectivity index (χ2v) is 5.92. The first-order valence-electron chi connectivity index (χ1n) is 7.10. The van der Waals surface area contributed by atoms with E-state index in [0.717, 1.165) is 18.2 Å². The van der Waals surface area contributed by atoms with Gasteiger partial charge in [-0.15, -0.1) is 0 Å². The first-order valence-corrected chi connectivity index (χ1v) is 7.48. The van der Waals surface area contributed by atoms with Crippen LogP contribution in [0.3, 0.4) is 0 Å². The minimum Gasteiger partial charge on any atom is -0.481 e. The monoisotopic (exact) mass is 349 g/mol. The standard InChI is InChI=1S/C15H15ClF3NO3/c16-11-6-5-8(15(17,18)19)7-12(11)20-13(21)9-3-1-2-4-10(9)14(22)23/h5-7,9-10H,1-4H2,(H,20,21)(H,22,23)/t9-,10-/m1/s1. The second-order valence-electron chi connectivity index (χ2n) is 5.52. The third kappa shape index (κ3) is 4.16. The van der Waals surface area contributed by atoms with Crippen molar-refractivity contribution in [1.82, 2.24) is 0 Å². The number of nitrogens with one attached hydrogen (secondary N) is 1. The Kier molecular flexibility index (Phi) is 5.19. The maximum absolute atomic E-state index is 12.7. The topological polar surface area (TPSA) is 66.4 Å². The predicted octanol–water partition coefficient (Wildman–Crippen LogP) is 4.19. The summed E-state index contributed by atoms with van der Waals surface area (Å²) in [6.07, 6.45) is -2.37. The van der Waals surface area contributed by atoms with Crippen molar-refractivity contribution in [2.75, 3.05) is 5.32 Å². The summed E-state index contributed by atoms with van der Waals surface area (Å²) in [5, 5.41) is 11.5. The number of carbonyl (C=O) groups is 2. The number of rotatable bonds is 3. The number of carbonyl (C=O) groups excluding carboxylic acids is 1. The van der Waals surface area contributed by atoms with Crippen molar-refractivity contribution < 1.29 is 27.9 Å². The molecule has 1 aromatic rings. The highest BCUT2D eigenvalue weighted by molar-refractivity contribution is 6.33. The van der Waals surface area contributed by atoms with Gasteiger partial charge in [0.15, 0.2) is 0 Å². The van der Waals surface area contributed by atoms with Crippen molar-refractivity contribution in [3.63, 3.8) is 0 Å². The smallest absolute Gasteiger partial charge is 0.416 e. The fourth-order valence-corrected chi connectivity index (χ4v) is 2.93. The SMILES string of the molecule is O=C(O)[C@@H]1CCCC[C@H]1C(=O)Nc1cc(C(F)(F)F)ccc1Cl. The van der Waals surface area contributed by atoms with Crippen molar-refractivity contribution in [2.45, 2.75) is 31.9 Å². The quantitative estimate of drug-likeness (QED) is 0.860. The number of alkyl halides is 3. The van der Waals surface area contributed by atoms with Gasteiger partial charge in [-0.05, 0) is 31.0 Å². The lowest BCUT2D eigenvalue weighted by Gasteiger charge is -2.27. The summed E-state index contributed by atoms with van der Waals surface area (Å²) in [4.78, 5) is 23.5. The van der Waals surface area contributed by atoms with Gasteiger partial charge in [-0.25, -0.2) is 0 Å². The highest BCUT2D eigenvalue weighted by Crippen LogP contribution is 2.35. The van der Waals surface area contributed by atoms with Crippen LogP contribution in [0.15, 0.2) is 18.2 Å². The van der Waals surface area contributed by atoms with E-state index in [0.29, 0.717) is 25.7 Å². The molecule has 0 unspecified atom stereocenters. The van der Waals surface area contributed by atoms with Crippen molar-refractivity contribution >= 4 is 29.2 Å². The normalized spacial score (nSPS) is 21.7. The summed E-state index contributed by atoms with van der Waals surface area (Å²) in [6, 6.07) is 2.62. The molecule has 0 saturated heterocycles. The van der Waals surface area contributed by atoms with Gasteiger partial charge < -0.3 is 10.4 Å². The van der Waals surface area contributed by atoms with Gasteiger partial charge in [0, 0.05) is 0 Å². The largest absolute Gasteiger partial charge is 0.481 e. The van der Waals surface area contributed by atoms with Gasteiger partial charge in [-0.3, -0.25) is 9.59 Å². The van der Waals surface area contributed by atoms with Crippen LogP contribution in [0.25, 0.3) is 0 Å². The minimum atomic E-state index is -4.56. The molecule has 1 aliphatic carbocycles. The molecule has 126 valence electrons. The summed E-state index contributed by atoms with van der Waals surface area (Å²) in [6.45, 7) is 0. The van der Waals surface area contributed by atoms with Crippen LogP contribution >= 0.6 is 11.6 Å². The Labute approximate surface area is 135 Å². The summed E-state index contributed by atoms with van der Waals surface area (Å²) in [7, 11) is 0. The fourth-order valence-electron chi connectivity index (χ4n) is 2.76. The molecular formula is C15H15ClF3NO3. The Morgan fingerprint density at radius 2 is 1.78 bits per heavy atom. The van der Waals surface area contributed by atoms with Crippen molar-refractivity contribution in [2.24, 2.45) is 11.8 Å². The lowest BCUT2D eigenvalue weighted by Crippen LogP contribution is -2.36. The Balaban J connectivity index is 2.20. The van der Waals surface area contributed by atoms with Crippen molar-refractivity contribution in [3.8, 4) is 0 Å². The molecule has 4 nitrogen and oxygen atoms in total. The van der Waals surface area contributed by atoms with Gasteiger partial charge in [0.05, 0.1) is 28.1 Å². The Hall–Kier alpha value is -1.76. The number of aliphatic carboxylic acids is 1. The van der Waals surface area contributed by atoms with Crippen molar-refractivity contribution in [1.29, 1.82) is 0 Å². The Morgan fingerprint density at radius 3 is 2.35 bits per heavy atom. The molecule has 2 N–H and O–H groups in total. The third-order valence-corrected chi connectivity index (χ3v) is 4.30.